The highest BCUT2D eigenvalue weighted by molar-refractivity contribution is 8.13. The minimum Gasteiger partial charge on any atom is -0.515 e. The van der Waals surface area contributed by atoms with Gasteiger partial charge in [0.25, 0.3) is 5.91 Å². The highest BCUT2D eigenvalue weighted by Gasteiger charge is 2.38. The van der Waals surface area contributed by atoms with Crippen LogP contribution in [0.1, 0.15) is 66.3 Å². The summed E-state index contributed by atoms with van der Waals surface area (Å²) in [7, 11) is 1.48. The highest BCUT2D eigenvalue weighted by Crippen LogP contribution is 2.29. The number of ether oxygens (including phenoxy) is 1. The predicted octanol–water partition coefficient (Wildman–Crippen LogP) is 3.28. The Kier molecular flexibility index (Phi) is 23.2. The van der Waals surface area contributed by atoms with Gasteiger partial charge in [0.05, 0.1) is 64.9 Å². The minimum absolute atomic E-state index is 0.0270. The van der Waals surface area contributed by atoms with E-state index in [9.17, 15) is 24.3 Å². The van der Waals surface area contributed by atoms with Crippen molar-refractivity contribution in [1.29, 1.82) is 0 Å². The van der Waals surface area contributed by atoms with E-state index < -0.39 is 17.5 Å². The second-order valence-corrected chi connectivity index (χ2v) is 17.0. The zero-order valence-electron chi connectivity index (χ0n) is 40.2. The number of aromatic amines is 3. The van der Waals surface area contributed by atoms with Crippen LogP contribution in [0.5, 0.6) is 0 Å². The second kappa shape index (κ2) is 27.1. The van der Waals surface area contributed by atoms with Crippen LogP contribution in [-0.4, -0.2) is 166 Å². The quantitative estimate of drug-likeness (QED) is 0.0228. The molecule has 8 heterocycles. The number of imidazole rings is 2. The summed E-state index contributed by atoms with van der Waals surface area (Å²) in [5.41, 5.74) is 4.79. The lowest BCUT2D eigenvalue weighted by atomic mass is 10.1. The Labute approximate surface area is 397 Å². The first-order valence-electron chi connectivity index (χ1n) is 19.6. The zero-order chi connectivity index (χ0) is 52.2. The van der Waals surface area contributed by atoms with Crippen molar-refractivity contribution in [3.8, 4) is 0 Å². The number of esters is 1. The first-order chi connectivity index (χ1) is 31.6. The van der Waals surface area contributed by atoms with Crippen LogP contribution >= 0.6 is 22.2 Å². The predicted molar refractivity (Wildman–Crippen MR) is 248 cm³/mol. The fourth-order valence-corrected chi connectivity index (χ4v) is 5.12. The Bertz CT molecular complexity index is 2450. The van der Waals surface area contributed by atoms with E-state index in [0.717, 1.165) is 58.3 Å². The van der Waals surface area contributed by atoms with Crippen molar-refractivity contribution in [1.82, 2.24) is 79.8 Å². The molecule has 29 heteroatoms. The number of Topliss-reactive ketones (excluding diaryl/α,β-unsaturated/α-hetero) is 1. The van der Waals surface area contributed by atoms with Gasteiger partial charge in [-0.05, 0) is 99.4 Å². The van der Waals surface area contributed by atoms with Gasteiger partial charge in [-0.15, -0.1) is 30.6 Å². The fourth-order valence-electron chi connectivity index (χ4n) is 4.35. The molecule has 0 aromatic carbocycles. The van der Waals surface area contributed by atoms with Crippen LogP contribution in [0.15, 0.2) is 63.3 Å². The molecule has 6 aromatic rings. The van der Waals surface area contributed by atoms with Gasteiger partial charge in [-0.25, -0.2) is 29.6 Å². The summed E-state index contributed by atoms with van der Waals surface area (Å²) in [5, 5.41) is 77.0. The number of likely N-dealkylation sites (tertiary alicyclic amines) is 1. The summed E-state index contributed by atoms with van der Waals surface area (Å²) < 4.78 is 6.88. The molecule has 1 saturated heterocycles. The van der Waals surface area contributed by atoms with E-state index in [4.69, 9.17) is 30.7 Å². The Hall–Kier alpha value is -7.69. The number of rotatable bonds is 2. The highest BCUT2D eigenvalue weighted by atomic mass is 32.2. The van der Waals surface area contributed by atoms with Gasteiger partial charge in [-0.2, -0.15) is 14.6 Å². The van der Waals surface area contributed by atoms with E-state index >= 15 is 0 Å². The summed E-state index contributed by atoms with van der Waals surface area (Å²) in [6.07, 6.45) is 10.5. The molecule has 68 heavy (non-hydrogen) atoms. The number of likely N-dealkylation sites (N-methyl/N-ethyl adjacent to an activating group) is 1. The van der Waals surface area contributed by atoms with Gasteiger partial charge in [-0.1, -0.05) is 22.5 Å². The van der Waals surface area contributed by atoms with Gasteiger partial charge in [0.2, 0.25) is 0 Å². The van der Waals surface area contributed by atoms with Crippen LogP contribution in [0.4, 0.5) is 0 Å². The maximum absolute atomic E-state index is 10.8. The number of carbonyl (C=O) groups is 3. The molecule has 0 saturated carbocycles. The van der Waals surface area contributed by atoms with Gasteiger partial charge >= 0.3 is 11.7 Å². The van der Waals surface area contributed by atoms with Crippen molar-refractivity contribution >= 4 is 45.8 Å². The Balaban J connectivity index is 0.000000389. The lowest BCUT2D eigenvalue weighted by Crippen LogP contribution is -2.22. The molecule has 0 aliphatic carbocycles. The van der Waals surface area contributed by atoms with Crippen molar-refractivity contribution in [2.24, 2.45) is 0 Å². The van der Waals surface area contributed by atoms with Gasteiger partial charge in [0.1, 0.15) is 29.8 Å². The molecule has 0 radical (unpaired) electrons. The minimum atomic E-state index is -0.818. The Morgan fingerprint density at radius 3 is 1.68 bits per heavy atom. The van der Waals surface area contributed by atoms with Crippen molar-refractivity contribution in [3.63, 3.8) is 0 Å². The smallest absolute Gasteiger partial charge is 0.341 e. The van der Waals surface area contributed by atoms with E-state index in [-0.39, 0.29) is 39.8 Å². The molecule has 1 amide bonds. The standard InChI is InChI=1S/C7H10O3.C6H7NO3.3C5H8N2O.C4H7N3O.C4H7N3S.C3H5N3OS/c1-4-5(8)7(2,3)10-6(4)9;1-7-2-5(9)4(3-8)6(7)10;1-4-5(2)7(8)3-6-4;1-4-3-6-5(2)7(4)8;1-4-3-6-7(8)5(4)2;1-3-4(2)7(8)6-5-3;1-8(2)4-5-3-6-7-4;1-8-3-4-2(7)5-6-3/h8H,1-3H3;3,8H,2H2,1H3;3*3,8H,1-2H3;8H,1-2H3;3H,1H2,2H3,(H,5,6,7);1H3,(H2,4,5,6,7)/b;4-3-;;;;;;. The Morgan fingerprint density at radius 1 is 0.882 bits per heavy atom. The molecule has 9 N–H and O–H groups in total. The van der Waals surface area contributed by atoms with E-state index in [1.165, 1.54) is 36.4 Å². The number of ketones is 1. The van der Waals surface area contributed by atoms with Crippen LogP contribution in [0.3, 0.4) is 0 Å². The number of aryl methyl sites for hydroxylation is 5. The topological polar surface area (TPSA) is 372 Å². The van der Waals surface area contributed by atoms with Crippen molar-refractivity contribution < 1.29 is 50.2 Å². The molecule has 1 fully saturated rings. The largest absolute Gasteiger partial charge is 0.515 e. The molecular weight excluding hydrogens is 933 g/mol. The molecular formula is C39H60N16O11S2. The average molecular weight is 993 g/mol. The van der Waals surface area contributed by atoms with Crippen LogP contribution in [0.25, 0.3) is 0 Å². The van der Waals surface area contributed by atoms with Crippen LogP contribution in [-0.2, 0) is 19.1 Å². The van der Waals surface area contributed by atoms with Crippen LogP contribution < -0.4 is 5.69 Å². The lowest BCUT2D eigenvalue weighted by molar-refractivity contribution is -0.145. The van der Waals surface area contributed by atoms with Crippen LogP contribution in [0.2, 0.25) is 0 Å². The normalized spacial score (nSPS) is 14.1. The molecule has 374 valence electrons. The third-order valence-electron chi connectivity index (χ3n) is 9.00. The summed E-state index contributed by atoms with van der Waals surface area (Å²) in [6, 6.07) is 0. The number of nitrogens with zero attached hydrogens (tertiary/aromatic N) is 13. The Morgan fingerprint density at radius 2 is 1.51 bits per heavy atom. The van der Waals surface area contributed by atoms with E-state index in [0.29, 0.717) is 28.5 Å². The molecule has 1 atom stereocenters. The third-order valence-corrected chi connectivity index (χ3v) is 10.4. The zero-order valence-corrected chi connectivity index (χ0v) is 41.8. The maximum atomic E-state index is 10.8. The number of H-pyrrole nitrogens is 3. The summed E-state index contributed by atoms with van der Waals surface area (Å²) >= 11 is 1.39. The van der Waals surface area contributed by atoms with E-state index in [1.807, 2.05) is 40.2 Å². The number of hydrogen-bond acceptors (Lipinski definition) is 20. The van der Waals surface area contributed by atoms with E-state index in [2.05, 4.69) is 61.6 Å². The van der Waals surface area contributed by atoms with Crippen molar-refractivity contribution in [2.45, 2.75) is 92.1 Å². The molecule has 2 aliphatic heterocycles. The molecule has 0 bridgehead atoms. The van der Waals surface area contributed by atoms with Gasteiger partial charge in [0.15, 0.2) is 21.7 Å². The molecule has 0 spiro atoms. The first-order valence-corrected chi connectivity index (χ1v) is 22.6. The number of aliphatic hydroxyl groups is 2. The number of amides is 1. The average Bonchev–Trinajstić information content (AvgIpc) is 4.21. The first kappa shape index (κ1) is 58.3. The fraction of sp³-hybridized carbons (Fsp3) is 0.410. The molecule has 27 nitrogen and oxygen atoms in total. The van der Waals surface area contributed by atoms with Gasteiger partial charge in [-0.3, -0.25) is 19.7 Å². The second-order valence-electron chi connectivity index (χ2n) is 14.6. The number of aliphatic hydroxyl groups excluding tert-OH is 2. The third kappa shape index (κ3) is 17.9. The summed E-state index contributed by atoms with van der Waals surface area (Å²) in [4.78, 5) is 59.5. The molecule has 8 rings (SSSR count). The number of carbonyl (C=O) groups excluding carboxylic acids is 3. The number of thioether (sulfide) groups is 1. The SMILES string of the molecule is C=S(C)c1ncn[nH]1.CC1=C(O)C(C)(C)OC1=O.CN1CC(=O)/C(=C/O)C1=O.CSc1n[nH]c(=O)[nH]1.Cc1cnc(C)n1O.Cc1cnn(O)c1C.Cc1ncn(O)c1C.Cc1nnn(O)c1C. The maximum Gasteiger partial charge on any atom is 0.341 e. The van der Waals surface area contributed by atoms with Crippen molar-refractivity contribution in [2.75, 3.05) is 26.1 Å². The summed E-state index contributed by atoms with van der Waals surface area (Å²) in [6.45, 7) is 19.4. The van der Waals surface area contributed by atoms with Crippen molar-refractivity contribution in [3.05, 3.63) is 104 Å². The monoisotopic (exact) mass is 992 g/mol. The molecule has 1 unspecified atom stereocenters. The lowest BCUT2D eigenvalue weighted by Gasteiger charge is -2.16. The number of nitrogens with one attached hydrogen (secondary N) is 3. The number of hydrogen-bond donors (Lipinski definition) is 9. The summed E-state index contributed by atoms with van der Waals surface area (Å²) in [5.74, 6) is 3.28. The van der Waals surface area contributed by atoms with Gasteiger partial charge in [0, 0.05) is 7.05 Å². The van der Waals surface area contributed by atoms with Gasteiger partial charge < -0.3 is 40.7 Å². The number of aromatic nitrogens is 15. The van der Waals surface area contributed by atoms with Crippen LogP contribution in [0, 0.1) is 55.4 Å². The molecule has 6 aromatic heterocycles. The number of cyclic esters (lactones) is 1. The van der Waals surface area contributed by atoms with E-state index in [1.54, 1.807) is 60.9 Å². The molecule has 2 aliphatic rings.